The number of ketones is 1. The van der Waals surface area contributed by atoms with Crippen LogP contribution < -0.4 is 46.4 Å². The number of amides is 2. The Kier molecular flexibility index (Phi) is 20.0. The molecule has 76 heavy (non-hydrogen) atoms. The first-order valence-corrected chi connectivity index (χ1v) is 27.3. The fraction of sp³-hybridized carbons (Fsp3) is 0.429. The van der Waals surface area contributed by atoms with Crippen molar-refractivity contribution >= 4 is 65.6 Å². The molecule has 6 rings (SSSR count). The summed E-state index contributed by atoms with van der Waals surface area (Å²) in [6.07, 6.45) is 3.76. The normalized spacial score (nSPS) is 18.4. The van der Waals surface area contributed by atoms with Gasteiger partial charge in [0.05, 0.1) is 45.9 Å². The highest BCUT2D eigenvalue weighted by Gasteiger charge is 2.52. The van der Waals surface area contributed by atoms with Gasteiger partial charge in [-0.25, -0.2) is 9.11 Å². The molecule has 3 aromatic rings. The predicted octanol–water partition coefficient (Wildman–Crippen LogP) is 1.11. The summed E-state index contributed by atoms with van der Waals surface area (Å²) >= 11 is 0. The number of nitrogens with two attached hydrogens (primary N) is 1. The molecular formula is C42H48BF2N10O18P3-4. The van der Waals surface area contributed by atoms with E-state index in [9.17, 15) is 52.4 Å². The van der Waals surface area contributed by atoms with Crippen molar-refractivity contribution in [3.8, 4) is 17.6 Å². The number of Topliss-reactive ketones (excluding diaryl/α,β-unsaturated/α-hetero) is 1. The van der Waals surface area contributed by atoms with Gasteiger partial charge < -0.3 is 81.6 Å². The molecule has 0 aliphatic carbocycles. The van der Waals surface area contributed by atoms with Crippen molar-refractivity contribution in [1.29, 1.82) is 0 Å². The highest BCUT2D eigenvalue weighted by Crippen LogP contribution is 2.60. The third kappa shape index (κ3) is 16.7. The summed E-state index contributed by atoms with van der Waals surface area (Å²) < 4.78 is 101. The molecule has 0 saturated carbocycles. The van der Waals surface area contributed by atoms with Gasteiger partial charge in [-0.2, -0.15) is 4.98 Å². The monoisotopic (exact) mass is 1120 g/mol. The Hall–Kier alpha value is -6.18. The molecule has 410 valence electrons. The number of rotatable bonds is 27. The maximum atomic E-state index is 15.7. The van der Waals surface area contributed by atoms with Gasteiger partial charge in [-0.15, -0.1) is 0 Å². The number of fused-ring (bicyclic) bond motifs is 2. The minimum Gasteiger partial charge on any atom is -0.790 e. The number of aryl methyl sites for hydroxylation is 2. The van der Waals surface area contributed by atoms with Crippen molar-refractivity contribution in [2.75, 3.05) is 51.9 Å². The summed E-state index contributed by atoms with van der Waals surface area (Å²) in [5.41, 5.74) is 16.7. The first-order chi connectivity index (χ1) is 35.8. The van der Waals surface area contributed by atoms with Crippen molar-refractivity contribution in [2.24, 2.45) is 5.11 Å². The zero-order valence-corrected chi connectivity index (χ0v) is 43.0. The fourth-order valence-corrected chi connectivity index (χ4v) is 10.8. The van der Waals surface area contributed by atoms with E-state index in [-0.39, 0.29) is 93.5 Å². The minimum absolute atomic E-state index is 0.0416. The molecule has 3 aliphatic rings. The van der Waals surface area contributed by atoms with E-state index in [4.69, 9.17) is 30.2 Å². The molecule has 2 amide bonds. The number of halogens is 2. The molecular weight excluding hydrogens is 1070 g/mol. The second-order valence-corrected chi connectivity index (χ2v) is 21.0. The van der Waals surface area contributed by atoms with Crippen molar-refractivity contribution < 1.29 is 92.9 Å². The zero-order valence-electron chi connectivity index (χ0n) is 40.4. The average molecular weight is 1120 g/mol. The number of azide groups is 1. The van der Waals surface area contributed by atoms with Gasteiger partial charge in [0.2, 0.25) is 5.91 Å². The molecule has 1 fully saturated rings. The number of nitrogens with zero attached hydrogens (tertiary/aromatic N) is 7. The third-order valence-corrected chi connectivity index (χ3v) is 14.9. The minimum atomic E-state index is -6.17. The molecule has 4 N–H and O–H groups in total. The topological polar surface area (TPSA) is 401 Å². The van der Waals surface area contributed by atoms with Gasteiger partial charge in [0.15, 0.2) is 11.9 Å². The van der Waals surface area contributed by atoms with Gasteiger partial charge in [-0.3, -0.25) is 32.4 Å². The van der Waals surface area contributed by atoms with Crippen LogP contribution in [0.5, 0.6) is 5.75 Å². The van der Waals surface area contributed by atoms with E-state index in [1.54, 1.807) is 56.3 Å². The van der Waals surface area contributed by atoms with Crippen LogP contribution in [0.25, 0.3) is 16.5 Å². The van der Waals surface area contributed by atoms with E-state index in [0.29, 0.717) is 29.2 Å². The fourth-order valence-electron chi connectivity index (χ4n) is 7.94. The summed E-state index contributed by atoms with van der Waals surface area (Å²) in [4.78, 5) is 101. The molecule has 1 aromatic carbocycles. The van der Waals surface area contributed by atoms with Gasteiger partial charge in [-0.1, -0.05) is 23.0 Å². The second-order valence-electron chi connectivity index (χ2n) is 16.8. The van der Waals surface area contributed by atoms with E-state index in [2.05, 4.69) is 50.6 Å². The van der Waals surface area contributed by atoms with E-state index >= 15 is 8.63 Å². The number of nitrogens with one attached hydrogen (secondary N) is 2. The number of benzene rings is 1. The SMILES string of the molecule is Cc1cc(C)n2c1C=C1C=CC(CCC(=O)CCCNC(=O)c3cccc(OCC(N=[N+]=[N-])OCCOCC(=O)NCC#Cc4cn([C@H]5CC[C@@H](COP(=O)([O-])OP(=O)([O-])OP(=O)([O-])[O-])O5)c(=O)nc4N)c3)=[N+]1[B-]2(F)F. The van der Waals surface area contributed by atoms with Gasteiger partial charge in [-0.05, 0) is 74.2 Å². The maximum absolute atomic E-state index is 15.7. The first-order valence-electron chi connectivity index (χ1n) is 22.9. The van der Waals surface area contributed by atoms with Crippen LogP contribution in [-0.4, -0.2) is 107 Å². The van der Waals surface area contributed by atoms with Gasteiger partial charge in [0.1, 0.15) is 42.5 Å². The molecule has 3 aliphatic heterocycles. The predicted molar refractivity (Wildman–Crippen MR) is 254 cm³/mol. The van der Waals surface area contributed by atoms with Crippen molar-refractivity contribution in [3.63, 3.8) is 0 Å². The number of anilines is 1. The lowest BCUT2D eigenvalue weighted by molar-refractivity contribution is -0.362. The van der Waals surface area contributed by atoms with Crippen LogP contribution in [0.2, 0.25) is 0 Å². The number of hydrogen-bond acceptors (Lipinski definition) is 21. The largest absolute Gasteiger partial charge is 0.790 e. The number of carbonyl (C=O) groups excluding carboxylic acids is 3. The number of hydrogen-bond donors (Lipinski definition) is 3. The number of phosphoric acid groups is 3. The average Bonchev–Trinajstić information content (AvgIpc) is 4.06. The lowest BCUT2D eigenvalue weighted by Crippen LogP contribution is -2.50. The summed E-state index contributed by atoms with van der Waals surface area (Å²) in [6.45, 7) is -2.50. The lowest BCUT2D eigenvalue weighted by atomic mass is 9.90. The van der Waals surface area contributed by atoms with Gasteiger partial charge >= 0.3 is 12.7 Å². The van der Waals surface area contributed by atoms with Crippen LogP contribution in [0.15, 0.2) is 64.3 Å². The van der Waals surface area contributed by atoms with Crippen molar-refractivity contribution in [2.45, 2.75) is 70.9 Å². The number of carbonyl (C=O) groups is 3. The molecule has 2 aromatic heterocycles. The summed E-state index contributed by atoms with van der Waals surface area (Å²) in [5.74, 6) is 4.09. The number of aromatic nitrogens is 3. The van der Waals surface area contributed by atoms with Crippen LogP contribution >= 0.6 is 23.5 Å². The van der Waals surface area contributed by atoms with E-state index in [0.717, 1.165) is 19.1 Å². The molecule has 0 spiro atoms. The standard InChI is InChI=1S/C42H52BF2N10O18P3/c1-27-20-28(2)54-36(27)22-32-11-10-31(55(32)43(54,44)45)12-13-33(56)8-5-17-49-41(58)29-6-3-9-34(21-29)69-26-38(51-52-47)68-19-18-67-25-37(57)48-16-4-7-30-23-53(42(59)50-40(30)46)39-15-14-35(71-39)24-70-75(63,64)73-76(65,66)72-74(60,61)62/h3,6,9-11,20-23,35,38-39H,5,8,12-19,24-26H2,1-2H3,(H,48,57)(H,49,58)(H,63,64)(H,65,66)(H2,46,50,59)(H2,60,61,62)/p-4/t35-,38?,39+/m0/s1. The number of allylic oxidation sites excluding steroid dienone is 2. The van der Waals surface area contributed by atoms with Crippen molar-refractivity contribution in [3.05, 3.63) is 103 Å². The molecule has 0 bridgehead atoms. The van der Waals surface area contributed by atoms with Crippen molar-refractivity contribution in [1.82, 2.24) is 24.7 Å². The Morgan fingerprint density at radius 3 is 2.61 bits per heavy atom. The van der Waals surface area contributed by atoms with Crippen LogP contribution in [-0.2, 0) is 50.6 Å². The first kappa shape index (κ1) is 59.1. The maximum Gasteiger partial charge on any atom is 0.737 e. The Labute approximate surface area is 431 Å². The van der Waals surface area contributed by atoms with Gasteiger partial charge in [0, 0.05) is 66.4 Å². The zero-order chi connectivity index (χ0) is 55.4. The number of ether oxygens (including phenoxy) is 4. The number of phosphoric ester groups is 1. The number of nitrogen functional groups attached to an aromatic ring is 1. The molecule has 5 atom stereocenters. The second kappa shape index (κ2) is 25.8. The smallest absolute Gasteiger partial charge is 0.737 e. The van der Waals surface area contributed by atoms with Crippen LogP contribution in [0.3, 0.4) is 0 Å². The van der Waals surface area contributed by atoms with Gasteiger partial charge in [0.25, 0.3) is 21.6 Å². The Morgan fingerprint density at radius 2 is 1.86 bits per heavy atom. The van der Waals surface area contributed by atoms with Crippen LogP contribution in [0.1, 0.15) is 77.6 Å². The van der Waals surface area contributed by atoms with E-state index in [1.165, 1.54) is 12.3 Å². The van der Waals surface area contributed by atoms with E-state index < -0.39 is 79.7 Å². The molecule has 5 heterocycles. The molecule has 1 saturated heterocycles. The molecule has 3 unspecified atom stereocenters. The quantitative estimate of drug-likeness (QED) is 0.0183. The Morgan fingerprint density at radius 1 is 1.08 bits per heavy atom. The molecule has 34 heteroatoms. The molecule has 0 radical (unpaired) electrons. The molecule has 28 nitrogen and oxygen atoms in total. The third-order valence-electron chi connectivity index (χ3n) is 11.2. The van der Waals surface area contributed by atoms with Crippen LogP contribution in [0, 0.1) is 25.7 Å². The highest BCUT2D eigenvalue weighted by atomic mass is 31.3. The van der Waals surface area contributed by atoms with Crippen LogP contribution in [0.4, 0.5) is 14.4 Å². The Bertz CT molecular complexity index is 3130. The lowest BCUT2D eigenvalue weighted by Gasteiger charge is -2.37. The summed E-state index contributed by atoms with van der Waals surface area (Å²) in [6, 6.07) is 7.86. The highest BCUT2D eigenvalue weighted by molar-refractivity contribution is 7.64. The summed E-state index contributed by atoms with van der Waals surface area (Å²) in [5, 5.41) is 8.76. The Balaban J connectivity index is 0.849. The summed E-state index contributed by atoms with van der Waals surface area (Å²) in [7, 11) is -18.1. The van der Waals surface area contributed by atoms with E-state index in [1.807, 2.05) is 0 Å².